The summed E-state index contributed by atoms with van der Waals surface area (Å²) < 4.78 is 0. The van der Waals surface area contributed by atoms with Crippen LogP contribution >= 0.6 is 0 Å². The number of nitrogens with zero attached hydrogens (tertiary/aromatic N) is 1. The van der Waals surface area contributed by atoms with Crippen molar-refractivity contribution in [2.45, 2.75) is 37.1 Å². The van der Waals surface area contributed by atoms with Crippen molar-refractivity contribution in [3.63, 3.8) is 0 Å². The second-order valence-electron chi connectivity index (χ2n) is 3.68. The normalized spacial score (nSPS) is 48.2. The Bertz CT molecular complexity index is 174. The van der Waals surface area contributed by atoms with Crippen LogP contribution in [0.25, 0.3) is 0 Å². The van der Waals surface area contributed by atoms with E-state index in [4.69, 9.17) is 5.11 Å². The molecule has 0 bridgehead atoms. The molecule has 70 valence electrons. The number of rotatable bonds is 1. The Morgan fingerprint density at radius 2 is 2.00 bits per heavy atom. The van der Waals surface area contributed by atoms with Crippen molar-refractivity contribution >= 4 is 0 Å². The Morgan fingerprint density at radius 1 is 1.25 bits per heavy atom. The Morgan fingerprint density at radius 3 is 2.67 bits per heavy atom. The minimum absolute atomic E-state index is 0.0608. The third-order valence-electron chi connectivity index (χ3n) is 3.09. The van der Waals surface area contributed by atoms with Crippen molar-refractivity contribution in [2.24, 2.45) is 0 Å². The zero-order valence-electron chi connectivity index (χ0n) is 6.93. The summed E-state index contributed by atoms with van der Waals surface area (Å²) in [6, 6.07) is -0.162. The third kappa shape index (κ3) is 0.992. The van der Waals surface area contributed by atoms with E-state index >= 15 is 0 Å². The molecule has 2 fully saturated rings. The van der Waals surface area contributed by atoms with Gasteiger partial charge in [0.1, 0.15) is 0 Å². The van der Waals surface area contributed by atoms with Gasteiger partial charge in [-0.25, -0.2) is 0 Å². The van der Waals surface area contributed by atoms with Crippen LogP contribution in [-0.4, -0.2) is 57.7 Å². The van der Waals surface area contributed by atoms with Gasteiger partial charge in [-0.05, 0) is 19.4 Å². The first kappa shape index (κ1) is 8.44. The van der Waals surface area contributed by atoms with E-state index in [-0.39, 0.29) is 18.7 Å². The molecule has 2 aliphatic heterocycles. The number of aliphatic hydroxyl groups excluding tert-OH is 3. The van der Waals surface area contributed by atoms with E-state index in [1.807, 2.05) is 4.90 Å². The minimum atomic E-state index is -0.764. The quantitative estimate of drug-likeness (QED) is 0.454. The molecule has 0 radical (unpaired) electrons. The lowest BCUT2D eigenvalue weighted by Gasteiger charge is -2.21. The van der Waals surface area contributed by atoms with Gasteiger partial charge < -0.3 is 15.3 Å². The molecule has 0 aromatic carbocycles. The molecule has 0 amide bonds. The van der Waals surface area contributed by atoms with Crippen molar-refractivity contribution in [2.75, 3.05) is 13.2 Å². The Hall–Kier alpha value is -0.160. The van der Waals surface area contributed by atoms with Crippen LogP contribution in [0.3, 0.4) is 0 Å². The molecule has 2 rings (SSSR count). The Balaban J connectivity index is 2.15. The second-order valence-corrected chi connectivity index (χ2v) is 3.68. The summed E-state index contributed by atoms with van der Waals surface area (Å²) in [5.74, 6) is 0. The summed E-state index contributed by atoms with van der Waals surface area (Å²) in [7, 11) is 0. The SMILES string of the molecule is OC[C@H]1[C@H](O)[C@H](O)[C@@H]2CCCN12. The first-order valence-corrected chi connectivity index (χ1v) is 4.48. The molecule has 2 aliphatic rings. The van der Waals surface area contributed by atoms with Gasteiger partial charge in [0.2, 0.25) is 0 Å². The maximum Gasteiger partial charge on any atom is 0.0991 e. The molecular weight excluding hydrogens is 158 g/mol. The van der Waals surface area contributed by atoms with Crippen molar-refractivity contribution in [3.8, 4) is 0 Å². The summed E-state index contributed by atoms with van der Waals surface area (Å²) in [6.45, 7) is 0.832. The molecule has 12 heavy (non-hydrogen) atoms. The van der Waals surface area contributed by atoms with Crippen LogP contribution in [0.4, 0.5) is 0 Å². The van der Waals surface area contributed by atoms with Gasteiger partial charge in [0.15, 0.2) is 0 Å². The maximum atomic E-state index is 9.57. The van der Waals surface area contributed by atoms with Gasteiger partial charge in [0.25, 0.3) is 0 Å². The van der Waals surface area contributed by atoms with E-state index in [2.05, 4.69) is 0 Å². The summed E-state index contributed by atoms with van der Waals surface area (Å²) in [5.41, 5.74) is 0. The van der Waals surface area contributed by atoms with Crippen LogP contribution in [0.15, 0.2) is 0 Å². The number of hydrogen-bond donors (Lipinski definition) is 3. The highest BCUT2D eigenvalue weighted by atomic mass is 16.3. The molecule has 0 spiro atoms. The minimum Gasteiger partial charge on any atom is -0.395 e. The smallest absolute Gasteiger partial charge is 0.0991 e. The molecule has 2 saturated heterocycles. The van der Waals surface area contributed by atoms with Crippen molar-refractivity contribution in [1.82, 2.24) is 4.90 Å². The summed E-state index contributed by atoms with van der Waals surface area (Å²) >= 11 is 0. The van der Waals surface area contributed by atoms with Crippen molar-refractivity contribution in [1.29, 1.82) is 0 Å². The lowest BCUT2D eigenvalue weighted by atomic mass is 10.1. The standard InChI is InChI=1S/C8H15NO3/c10-4-6-8(12)7(11)5-2-1-3-9(5)6/h5-8,10-12H,1-4H2/t5-,6-,7+,8-/m0/s1. The molecule has 4 nitrogen and oxygen atoms in total. The van der Waals surface area contributed by atoms with E-state index in [9.17, 15) is 10.2 Å². The molecule has 0 aromatic rings. The predicted molar refractivity (Wildman–Crippen MR) is 42.6 cm³/mol. The second kappa shape index (κ2) is 2.96. The fraction of sp³-hybridized carbons (Fsp3) is 1.00. The highest BCUT2D eigenvalue weighted by Gasteiger charge is 2.48. The Kier molecular flexibility index (Phi) is 2.08. The van der Waals surface area contributed by atoms with E-state index in [1.54, 1.807) is 0 Å². The van der Waals surface area contributed by atoms with Gasteiger partial charge in [-0.1, -0.05) is 0 Å². The molecule has 2 heterocycles. The lowest BCUT2D eigenvalue weighted by Crippen LogP contribution is -2.38. The topological polar surface area (TPSA) is 63.9 Å². The first-order valence-electron chi connectivity index (χ1n) is 4.48. The van der Waals surface area contributed by atoms with Gasteiger partial charge in [0.05, 0.1) is 24.9 Å². The Labute approximate surface area is 71.4 Å². The average Bonchev–Trinajstić information content (AvgIpc) is 2.59. The molecular formula is C8H15NO3. The molecule has 0 unspecified atom stereocenters. The number of aliphatic hydroxyl groups is 3. The fourth-order valence-electron chi connectivity index (χ4n) is 2.46. The van der Waals surface area contributed by atoms with E-state index < -0.39 is 12.2 Å². The number of fused-ring (bicyclic) bond motifs is 1. The molecule has 0 aliphatic carbocycles. The van der Waals surface area contributed by atoms with Crippen LogP contribution < -0.4 is 0 Å². The lowest BCUT2D eigenvalue weighted by molar-refractivity contribution is 0.0154. The zero-order valence-corrected chi connectivity index (χ0v) is 6.93. The van der Waals surface area contributed by atoms with Gasteiger partial charge in [-0.15, -0.1) is 0 Å². The van der Waals surface area contributed by atoms with Gasteiger partial charge >= 0.3 is 0 Å². The molecule has 3 N–H and O–H groups in total. The molecule has 0 aromatic heterocycles. The molecule has 0 saturated carbocycles. The van der Waals surface area contributed by atoms with Gasteiger partial charge in [-0.2, -0.15) is 0 Å². The zero-order chi connectivity index (χ0) is 8.72. The highest BCUT2D eigenvalue weighted by molar-refractivity contribution is 5.03. The fourth-order valence-corrected chi connectivity index (χ4v) is 2.46. The van der Waals surface area contributed by atoms with Crippen LogP contribution in [0, 0.1) is 0 Å². The van der Waals surface area contributed by atoms with Crippen molar-refractivity contribution in [3.05, 3.63) is 0 Å². The average molecular weight is 173 g/mol. The van der Waals surface area contributed by atoms with Crippen LogP contribution in [0.5, 0.6) is 0 Å². The summed E-state index contributed by atoms with van der Waals surface area (Å²) in [4.78, 5) is 2.02. The van der Waals surface area contributed by atoms with Gasteiger partial charge in [-0.3, -0.25) is 4.90 Å². The highest BCUT2D eigenvalue weighted by Crippen LogP contribution is 2.32. The van der Waals surface area contributed by atoms with Crippen LogP contribution in [-0.2, 0) is 0 Å². The van der Waals surface area contributed by atoms with Gasteiger partial charge in [0, 0.05) is 6.04 Å². The summed E-state index contributed by atoms with van der Waals surface area (Å²) in [5, 5.41) is 28.1. The van der Waals surface area contributed by atoms with Crippen molar-refractivity contribution < 1.29 is 15.3 Å². The third-order valence-corrected chi connectivity index (χ3v) is 3.09. The number of hydrogen-bond acceptors (Lipinski definition) is 4. The van der Waals surface area contributed by atoms with E-state index in [0.29, 0.717) is 0 Å². The largest absolute Gasteiger partial charge is 0.395 e. The molecule has 4 heteroatoms. The van der Waals surface area contributed by atoms with E-state index in [1.165, 1.54) is 0 Å². The maximum absolute atomic E-state index is 9.57. The van der Waals surface area contributed by atoms with E-state index in [0.717, 1.165) is 19.4 Å². The van der Waals surface area contributed by atoms with Crippen LogP contribution in [0.1, 0.15) is 12.8 Å². The monoisotopic (exact) mass is 173 g/mol. The first-order chi connectivity index (χ1) is 5.75. The summed E-state index contributed by atoms with van der Waals surface area (Å²) in [6.07, 6.45) is 0.574. The molecule has 4 atom stereocenters. The predicted octanol–water partition coefficient (Wildman–Crippen LogP) is -1.45. The van der Waals surface area contributed by atoms with Crippen LogP contribution in [0.2, 0.25) is 0 Å².